The predicted octanol–water partition coefficient (Wildman–Crippen LogP) is 1.28. The molecule has 0 heterocycles. The van der Waals surface area contributed by atoms with Gasteiger partial charge in [0.05, 0.1) is 5.71 Å². The van der Waals surface area contributed by atoms with E-state index in [9.17, 15) is 0 Å². The van der Waals surface area contributed by atoms with Crippen molar-refractivity contribution in [1.29, 1.82) is 0 Å². The lowest BCUT2D eigenvalue weighted by Gasteiger charge is -2.01. The molecule has 0 bridgehead atoms. The molecule has 0 amide bonds. The van der Waals surface area contributed by atoms with Gasteiger partial charge in [-0.3, -0.25) is 0 Å². The van der Waals surface area contributed by atoms with Crippen LogP contribution >= 0.6 is 0 Å². The monoisotopic (exact) mass is 140 g/mol. The molecule has 0 aromatic carbocycles. The van der Waals surface area contributed by atoms with E-state index in [2.05, 4.69) is 26.7 Å². The van der Waals surface area contributed by atoms with Crippen LogP contribution in [0, 0.1) is 5.92 Å². The van der Waals surface area contributed by atoms with E-state index in [1.807, 2.05) is 19.9 Å². The summed E-state index contributed by atoms with van der Waals surface area (Å²) in [4.78, 5) is 0. The van der Waals surface area contributed by atoms with Crippen LogP contribution in [0.15, 0.2) is 17.8 Å². The second-order valence-corrected chi connectivity index (χ2v) is 2.03. The maximum Gasteiger partial charge on any atom is 0.387 e. The maximum absolute atomic E-state index is 4.37. The van der Waals surface area contributed by atoms with Gasteiger partial charge in [0.15, 0.2) is 0 Å². The molecule has 0 aliphatic carbocycles. The number of allylic oxidation sites excluding steroid dienone is 1. The second-order valence-electron chi connectivity index (χ2n) is 1.85. The summed E-state index contributed by atoms with van der Waals surface area (Å²) in [5.41, 5.74) is 0.903. The smallest absolute Gasteiger partial charge is 0.387 e. The van der Waals surface area contributed by atoms with Crippen LogP contribution in [0.1, 0.15) is 13.8 Å². The highest BCUT2D eigenvalue weighted by molar-refractivity contribution is 5.98. The molecule has 0 aliphatic heterocycles. The minimum Gasteiger partial charge on any atom is -0.454 e. The molecule has 0 aromatic rings. The molecule has 0 rings (SSSR count). The second kappa shape index (κ2) is 4.32. The third-order valence-electron chi connectivity index (χ3n) is 1.20. The first kappa shape index (κ1) is 8.43. The topological polar surface area (TPSA) is 21.6 Å². The lowest BCUT2D eigenvalue weighted by atomic mass is 10.1. The van der Waals surface area contributed by atoms with Gasteiger partial charge in [-0.25, -0.2) is 0 Å². The number of hydrogen-bond acceptors (Lipinski definition) is 2. The Morgan fingerprint density at radius 3 is 2.78 bits per heavy atom. The molecular weight excluding hydrogens is 130 g/mol. The molecule has 3 radical (unpaired) electrons. The first-order valence-electron chi connectivity index (χ1n) is 2.72. The van der Waals surface area contributed by atoms with Crippen molar-refractivity contribution in [1.82, 2.24) is 0 Å². The van der Waals surface area contributed by atoms with Gasteiger partial charge < -0.3 is 4.53 Å². The van der Waals surface area contributed by atoms with Gasteiger partial charge in [0.25, 0.3) is 0 Å². The quantitative estimate of drug-likeness (QED) is 0.250. The first-order chi connectivity index (χ1) is 4.22. The van der Waals surface area contributed by atoms with E-state index in [0.29, 0.717) is 0 Å². The summed E-state index contributed by atoms with van der Waals surface area (Å²) < 4.78 is 4.37. The summed E-state index contributed by atoms with van der Waals surface area (Å²) in [5, 5.41) is 3.65. The lowest BCUT2D eigenvalue weighted by Crippen LogP contribution is -2.03. The van der Waals surface area contributed by atoms with Crippen molar-refractivity contribution in [2.75, 3.05) is 0 Å². The third-order valence-corrected chi connectivity index (χ3v) is 1.29. The fraction of sp³-hybridized carbons (Fsp3) is 0.500. The van der Waals surface area contributed by atoms with E-state index in [0.717, 1.165) is 5.71 Å². The molecule has 9 heavy (non-hydrogen) atoms. The SMILES string of the molecule is C=CC(C)/C(C)=N/O[Si]. The Bertz CT molecular complexity index is 122. The molecule has 0 saturated carbocycles. The van der Waals surface area contributed by atoms with Crippen molar-refractivity contribution in [2.24, 2.45) is 11.1 Å². The summed E-state index contributed by atoms with van der Waals surface area (Å²) in [6.07, 6.45) is 1.81. The van der Waals surface area contributed by atoms with Crippen LogP contribution in [-0.2, 0) is 4.53 Å². The molecule has 0 fully saturated rings. The maximum atomic E-state index is 4.37. The van der Waals surface area contributed by atoms with E-state index in [-0.39, 0.29) is 5.92 Å². The van der Waals surface area contributed by atoms with Gasteiger partial charge in [0, 0.05) is 5.92 Å². The molecule has 49 valence electrons. The number of nitrogens with zero attached hydrogens (tertiary/aromatic N) is 1. The van der Waals surface area contributed by atoms with Crippen LogP contribution in [0.5, 0.6) is 0 Å². The fourth-order valence-electron chi connectivity index (χ4n) is 0.326. The van der Waals surface area contributed by atoms with Gasteiger partial charge in [-0.15, -0.1) is 11.7 Å². The number of oxime groups is 1. The largest absolute Gasteiger partial charge is 0.454 e. The van der Waals surface area contributed by atoms with Crippen LogP contribution in [-0.4, -0.2) is 16.2 Å². The number of hydrogen-bond donors (Lipinski definition) is 0. The Morgan fingerprint density at radius 2 is 2.44 bits per heavy atom. The van der Waals surface area contributed by atoms with Gasteiger partial charge in [0.1, 0.15) is 0 Å². The van der Waals surface area contributed by atoms with Crippen molar-refractivity contribution in [3.8, 4) is 0 Å². The van der Waals surface area contributed by atoms with E-state index in [1.165, 1.54) is 0 Å². The van der Waals surface area contributed by atoms with E-state index < -0.39 is 0 Å². The zero-order valence-corrected chi connectivity index (χ0v) is 6.72. The Kier molecular flexibility index (Phi) is 4.04. The van der Waals surface area contributed by atoms with Crippen LogP contribution < -0.4 is 0 Å². The zero-order valence-electron chi connectivity index (χ0n) is 5.72. The third kappa shape index (κ3) is 3.08. The molecule has 0 aromatic heterocycles. The molecule has 0 saturated heterocycles. The predicted molar refractivity (Wildman–Crippen MR) is 39.3 cm³/mol. The Morgan fingerprint density at radius 1 is 1.89 bits per heavy atom. The first-order valence-corrected chi connectivity index (χ1v) is 3.13. The minimum atomic E-state index is 0.279. The lowest BCUT2D eigenvalue weighted by molar-refractivity contribution is 0.374. The molecule has 0 spiro atoms. The molecule has 0 aliphatic rings. The van der Waals surface area contributed by atoms with Crippen molar-refractivity contribution >= 4 is 16.2 Å². The highest BCUT2D eigenvalue weighted by atomic mass is 28.2. The highest BCUT2D eigenvalue weighted by Crippen LogP contribution is 1.98. The van der Waals surface area contributed by atoms with Crippen molar-refractivity contribution in [3.63, 3.8) is 0 Å². The normalized spacial score (nSPS) is 14.8. The van der Waals surface area contributed by atoms with Gasteiger partial charge in [-0.2, -0.15) is 0 Å². The summed E-state index contributed by atoms with van der Waals surface area (Å²) in [6, 6.07) is 0. The molecule has 2 nitrogen and oxygen atoms in total. The average Bonchev–Trinajstić information content (AvgIpc) is 1.87. The zero-order chi connectivity index (χ0) is 7.28. The van der Waals surface area contributed by atoms with Crippen molar-refractivity contribution in [2.45, 2.75) is 13.8 Å². The molecule has 1 atom stereocenters. The Hall–Kier alpha value is -0.573. The van der Waals surface area contributed by atoms with Gasteiger partial charge in [-0.05, 0) is 6.92 Å². The number of rotatable bonds is 3. The molecular formula is C6H10NOSi. The van der Waals surface area contributed by atoms with Crippen LogP contribution in [0.25, 0.3) is 0 Å². The van der Waals surface area contributed by atoms with Crippen molar-refractivity contribution < 1.29 is 4.53 Å². The summed E-state index contributed by atoms with van der Waals surface area (Å²) in [7, 11) is 2.77. The highest BCUT2D eigenvalue weighted by Gasteiger charge is 1.98. The molecule has 0 N–H and O–H groups in total. The standard InChI is InChI=1S/C6H10NOSi/c1-4-5(2)6(3)7-8-9/h4-5H,1H2,2-3H3/b7-6+. The Balaban J connectivity index is 3.84. The summed E-state index contributed by atoms with van der Waals surface area (Å²) >= 11 is 0. The van der Waals surface area contributed by atoms with E-state index >= 15 is 0 Å². The van der Waals surface area contributed by atoms with Crippen LogP contribution in [0.4, 0.5) is 0 Å². The van der Waals surface area contributed by atoms with Gasteiger partial charge in [-0.1, -0.05) is 13.0 Å². The minimum absolute atomic E-state index is 0.279. The van der Waals surface area contributed by atoms with Gasteiger partial charge >= 0.3 is 10.5 Å². The summed E-state index contributed by atoms with van der Waals surface area (Å²) in [6.45, 7) is 7.49. The van der Waals surface area contributed by atoms with Crippen LogP contribution in [0.2, 0.25) is 0 Å². The summed E-state index contributed by atoms with van der Waals surface area (Å²) in [5.74, 6) is 0.279. The Labute approximate surface area is 59.1 Å². The van der Waals surface area contributed by atoms with E-state index in [1.54, 1.807) is 0 Å². The van der Waals surface area contributed by atoms with Crippen molar-refractivity contribution in [3.05, 3.63) is 12.7 Å². The molecule has 1 unspecified atom stereocenters. The van der Waals surface area contributed by atoms with Crippen LogP contribution in [0.3, 0.4) is 0 Å². The van der Waals surface area contributed by atoms with E-state index in [4.69, 9.17) is 0 Å². The van der Waals surface area contributed by atoms with Gasteiger partial charge in [0.2, 0.25) is 0 Å². The molecule has 3 heteroatoms. The average molecular weight is 140 g/mol. The fourth-order valence-corrected chi connectivity index (χ4v) is 0.470.